The third kappa shape index (κ3) is 2.93. The number of nitrogen functional groups attached to an aromatic ring is 1. The van der Waals surface area contributed by atoms with Crippen LogP contribution in [0.5, 0.6) is 5.75 Å². The molecule has 14 heavy (non-hydrogen) atoms. The van der Waals surface area contributed by atoms with E-state index >= 15 is 0 Å². The Hall–Kier alpha value is -0.660. The Kier molecular flexibility index (Phi) is 3.13. The number of rotatable bonds is 1. The SMILES string of the molecule is Cc1c(I)cc(N)cc1OC(F)(F)F. The van der Waals surface area contributed by atoms with E-state index in [0.29, 0.717) is 9.13 Å². The molecule has 0 aliphatic heterocycles. The average molecular weight is 317 g/mol. The Morgan fingerprint density at radius 2 is 1.93 bits per heavy atom. The van der Waals surface area contributed by atoms with E-state index in [4.69, 9.17) is 5.73 Å². The third-order valence-electron chi connectivity index (χ3n) is 1.54. The van der Waals surface area contributed by atoms with Crippen LogP contribution in [0.1, 0.15) is 5.56 Å². The quantitative estimate of drug-likeness (QED) is 0.638. The van der Waals surface area contributed by atoms with Crippen LogP contribution in [-0.2, 0) is 0 Å². The van der Waals surface area contributed by atoms with Gasteiger partial charge >= 0.3 is 6.36 Å². The highest BCUT2D eigenvalue weighted by molar-refractivity contribution is 14.1. The summed E-state index contributed by atoms with van der Waals surface area (Å²) in [6.07, 6.45) is -4.68. The Bertz CT molecular complexity index is 351. The number of hydrogen-bond donors (Lipinski definition) is 1. The minimum atomic E-state index is -4.68. The summed E-state index contributed by atoms with van der Waals surface area (Å²) in [5.74, 6) is -0.248. The Morgan fingerprint density at radius 3 is 2.43 bits per heavy atom. The Balaban J connectivity index is 3.09. The number of anilines is 1. The fourth-order valence-electron chi connectivity index (χ4n) is 0.904. The van der Waals surface area contributed by atoms with Gasteiger partial charge in [0.15, 0.2) is 0 Å². The molecule has 0 bridgehead atoms. The average Bonchev–Trinajstić information content (AvgIpc) is 1.96. The van der Waals surface area contributed by atoms with Crippen molar-refractivity contribution in [3.05, 3.63) is 21.3 Å². The van der Waals surface area contributed by atoms with Crippen molar-refractivity contribution in [2.75, 3.05) is 5.73 Å². The zero-order valence-electron chi connectivity index (χ0n) is 7.15. The maximum absolute atomic E-state index is 11.9. The van der Waals surface area contributed by atoms with Gasteiger partial charge in [0.2, 0.25) is 0 Å². The van der Waals surface area contributed by atoms with E-state index in [-0.39, 0.29) is 11.4 Å². The van der Waals surface area contributed by atoms with E-state index in [0.717, 1.165) is 6.07 Å². The van der Waals surface area contributed by atoms with Crippen LogP contribution in [0.25, 0.3) is 0 Å². The van der Waals surface area contributed by atoms with Crippen molar-refractivity contribution in [2.24, 2.45) is 0 Å². The smallest absolute Gasteiger partial charge is 0.405 e. The molecule has 0 saturated carbocycles. The lowest BCUT2D eigenvalue weighted by molar-refractivity contribution is -0.274. The zero-order valence-corrected chi connectivity index (χ0v) is 9.31. The van der Waals surface area contributed by atoms with Crippen LogP contribution in [0.2, 0.25) is 0 Å². The lowest BCUT2D eigenvalue weighted by Crippen LogP contribution is -2.18. The van der Waals surface area contributed by atoms with Crippen molar-refractivity contribution in [3.63, 3.8) is 0 Å². The molecule has 1 aromatic rings. The van der Waals surface area contributed by atoms with Gasteiger partial charge in [0.25, 0.3) is 0 Å². The van der Waals surface area contributed by atoms with Gasteiger partial charge in [-0.2, -0.15) is 0 Å². The van der Waals surface area contributed by atoms with Crippen LogP contribution in [0, 0.1) is 10.5 Å². The third-order valence-corrected chi connectivity index (χ3v) is 2.67. The summed E-state index contributed by atoms with van der Waals surface area (Å²) in [5.41, 5.74) is 6.07. The van der Waals surface area contributed by atoms with Crippen LogP contribution in [0.3, 0.4) is 0 Å². The fraction of sp³-hybridized carbons (Fsp3) is 0.250. The van der Waals surface area contributed by atoms with Crippen molar-refractivity contribution in [1.29, 1.82) is 0 Å². The number of halogens is 4. The predicted octanol–water partition coefficient (Wildman–Crippen LogP) is 3.08. The highest BCUT2D eigenvalue weighted by atomic mass is 127. The van der Waals surface area contributed by atoms with Gasteiger partial charge in [-0.25, -0.2) is 0 Å². The molecule has 0 heterocycles. The summed E-state index contributed by atoms with van der Waals surface area (Å²) < 4.78 is 40.2. The van der Waals surface area contributed by atoms with E-state index in [1.54, 1.807) is 13.0 Å². The molecule has 0 aliphatic rings. The topological polar surface area (TPSA) is 35.2 Å². The highest BCUT2D eigenvalue weighted by Crippen LogP contribution is 2.30. The molecule has 0 fully saturated rings. The zero-order chi connectivity index (χ0) is 10.9. The van der Waals surface area contributed by atoms with Gasteiger partial charge in [-0.3, -0.25) is 0 Å². The van der Waals surface area contributed by atoms with Crippen LogP contribution in [0.15, 0.2) is 12.1 Å². The molecule has 2 N–H and O–H groups in total. The van der Waals surface area contributed by atoms with Crippen molar-refractivity contribution in [1.82, 2.24) is 0 Å². The normalized spacial score (nSPS) is 11.5. The number of benzene rings is 1. The summed E-state index contributed by atoms with van der Waals surface area (Å²) in [4.78, 5) is 0. The second kappa shape index (κ2) is 3.84. The molecule has 78 valence electrons. The molecule has 1 rings (SSSR count). The lowest BCUT2D eigenvalue weighted by Gasteiger charge is -2.12. The molecule has 0 atom stereocenters. The molecular weight excluding hydrogens is 310 g/mol. The van der Waals surface area contributed by atoms with E-state index in [1.165, 1.54) is 0 Å². The number of alkyl halides is 3. The van der Waals surface area contributed by atoms with Gasteiger partial charge < -0.3 is 10.5 Å². The first-order chi connectivity index (χ1) is 6.29. The molecular formula is C8H7F3INO. The number of nitrogens with two attached hydrogens (primary N) is 1. The van der Waals surface area contributed by atoms with E-state index in [2.05, 4.69) is 4.74 Å². The van der Waals surface area contributed by atoms with Gasteiger partial charge in [0.1, 0.15) is 5.75 Å². The van der Waals surface area contributed by atoms with Gasteiger partial charge in [-0.15, -0.1) is 13.2 Å². The second-order valence-electron chi connectivity index (χ2n) is 2.67. The van der Waals surface area contributed by atoms with Crippen molar-refractivity contribution in [3.8, 4) is 5.75 Å². The van der Waals surface area contributed by atoms with Crippen LogP contribution in [-0.4, -0.2) is 6.36 Å². The molecule has 0 amide bonds. The fourth-order valence-corrected chi connectivity index (χ4v) is 1.53. The molecule has 0 aromatic heterocycles. The monoisotopic (exact) mass is 317 g/mol. The van der Waals surface area contributed by atoms with Crippen LogP contribution in [0.4, 0.5) is 18.9 Å². The second-order valence-corrected chi connectivity index (χ2v) is 3.84. The van der Waals surface area contributed by atoms with Crippen molar-refractivity contribution < 1.29 is 17.9 Å². The Labute approximate surface area is 92.4 Å². The molecule has 1 aromatic carbocycles. The van der Waals surface area contributed by atoms with Crippen molar-refractivity contribution >= 4 is 28.3 Å². The molecule has 0 spiro atoms. The van der Waals surface area contributed by atoms with Crippen LogP contribution < -0.4 is 10.5 Å². The predicted molar refractivity (Wildman–Crippen MR) is 55.0 cm³/mol. The van der Waals surface area contributed by atoms with E-state index in [9.17, 15) is 13.2 Å². The summed E-state index contributed by atoms with van der Waals surface area (Å²) in [7, 11) is 0. The van der Waals surface area contributed by atoms with Gasteiger partial charge in [0.05, 0.1) is 0 Å². The first-order valence-corrected chi connectivity index (χ1v) is 4.69. The van der Waals surface area contributed by atoms with Gasteiger partial charge in [0, 0.05) is 20.9 Å². The molecule has 0 unspecified atom stereocenters. The molecule has 6 heteroatoms. The number of hydrogen-bond acceptors (Lipinski definition) is 2. The highest BCUT2D eigenvalue weighted by Gasteiger charge is 2.32. The van der Waals surface area contributed by atoms with Gasteiger partial charge in [-0.05, 0) is 35.6 Å². The van der Waals surface area contributed by atoms with E-state index in [1.807, 2.05) is 22.6 Å². The summed E-state index contributed by atoms with van der Waals surface area (Å²) in [6, 6.07) is 2.74. The molecule has 0 aliphatic carbocycles. The minimum Gasteiger partial charge on any atom is -0.405 e. The molecule has 2 nitrogen and oxygen atoms in total. The Morgan fingerprint density at radius 1 is 1.36 bits per heavy atom. The first kappa shape index (κ1) is 11.4. The molecule has 0 saturated heterocycles. The van der Waals surface area contributed by atoms with Crippen LogP contribution >= 0.6 is 22.6 Å². The summed E-state index contributed by atoms with van der Waals surface area (Å²) in [5, 5.41) is 0. The van der Waals surface area contributed by atoms with E-state index < -0.39 is 6.36 Å². The first-order valence-electron chi connectivity index (χ1n) is 3.61. The maximum atomic E-state index is 11.9. The summed E-state index contributed by atoms with van der Waals surface area (Å²) >= 11 is 1.90. The largest absolute Gasteiger partial charge is 0.573 e. The maximum Gasteiger partial charge on any atom is 0.573 e. The summed E-state index contributed by atoms with van der Waals surface area (Å²) in [6.45, 7) is 1.54. The lowest BCUT2D eigenvalue weighted by atomic mass is 10.2. The standard InChI is InChI=1S/C8H7F3INO/c1-4-6(12)2-5(13)3-7(4)14-8(9,10)11/h2-3H,13H2,1H3. The van der Waals surface area contributed by atoms with Gasteiger partial charge in [-0.1, -0.05) is 0 Å². The van der Waals surface area contributed by atoms with Crippen molar-refractivity contribution in [2.45, 2.75) is 13.3 Å². The minimum absolute atomic E-state index is 0.248. The number of ether oxygens (including phenoxy) is 1. The molecule has 0 radical (unpaired) electrons.